The van der Waals surface area contributed by atoms with Gasteiger partial charge in [-0.25, -0.2) is 0 Å². The largest absolute Gasteiger partial charge is 0.360 e. The van der Waals surface area contributed by atoms with Crippen molar-refractivity contribution in [3.63, 3.8) is 0 Å². The third-order valence-electron chi connectivity index (χ3n) is 4.43. The maximum absolute atomic E-state index is 9.24. The third-order valence-corrected chi connectivity index (χ3v) is 4.43. The average Bonchev–Trinajstić information content (AvgIpc) is 2.30. The highest BCUT2D eigenvalue weighted by atomic mass is 16.5. The summed E-state index contributed by atoms with van der Waals surface area (Å²) in [6, 6.07) is 2.39. The van der Waals surface area contributed by atoms with Crippen LogP contribution >= 0.6 is 0 Å². The van der Waals surface area contributed by atoms with Gasteiger partial charge in [0.15, 0.2) is 5.60 Å². The molecular formula is C14H25NO. The molecule has 0 aromatic rings. The first kappa shape index (κ1) is 13.5. The lowest BCUT2D eigenvalue weighted by atomic mass is 9.66. The molecule has 2 heteroatoms. The summed E-state index contributed by atoms with van der Waals surface area (Å²) < 4.78 is 5.65. The lowest BCUT2D eigenvalue weighted by Crippen LogP contribution is -2.39. The Hall–Kier alpha value is -0.550. The van der Waals surface area contributed by atoms with Crippen LogP contribution in [0.5, 0.6) is 0 Å². The van der Waals surface area contributed by atoms with Gasteiger partial charge in [-0.15, -0.1) is 0 Å². The van der Waals surface area contributed by atoms with Crippen LogP contribution in [0.25, 0.3) is 0 Å². The molecule has 0 atom stereocenters. The number of ether oxygens (including phenoxy) is 1. The van der Waals surface area contributed by atoms with E-state index in [1.54, 1.807) is 0 Å². The number of nitriles is 1. The third kappa shape index (κ3) is 2.77. The Bertz CT molecular complexity index is 256. The van der Waals surface area contributed by atoms with E-state index in [1.807, 2.05) is 6.92 Å². The van der Waals surface area contributed by atoms with Crippen LogP contribution < -0.4 is 0 Å². The van der Waals surface area contributed by atoms with E-state index in [2.05, 4.69) is 26.8 Å². The van der Waals surface area contributed by atoms with Gasteiger partial charge in [0.1, 0.15) is 0 Å². The quantitative estimate of drug-likeness (QED) is 0.724. The van der Waals surface area contributed by atoms with E-state index in [0.717, 1.165) is 31.6 Å². The molecule has 0 radical (unpaired) electrons. The van der Waals surface area contributed by atoms with Gasteiger partial charge in [-0.05, 0) is 43.9 Å². The van der Waals surface area contributed by atoms with Crippen molar-refractivity contribution < 1.29 is 4.74 Å². The van der Waals surface area contributed by atoms with Crippen LogP contribution in [0, 0.1) is 22.7 Å². The van der Waals surface area contributed by atoms with Crippen molar-refractivity contribution in [1.82, 2.24) is 0 Å². The molecule has 1 aliphatic carbocycles. The number of hydrogen-bond acceptors (Lipinski definition) is 2. The summed E-state index contributed by atoms with van der Waals surface area (Å²) in [7, 11) is 0. The molecule has 1 fully saturated rings. The highest BCUT2D eigenvalue weighted by Crippen LogP contribution is 2.44. The Kier molecular flexibility index (Phi) is 4.38. The van der Waals surface area contributed by atoms with E-state index >= 15 is 0 Å². The Morgan fingerprint density at radius 1 is 1.31 bits per heavy atom. The van der Waals surface area contributed by atoms with E-state index < -0.39 is 5.60 Å². The van der Waals surface area contributed by atoms with Crippen LogP contribution in [0.15, 0.2) is 0 Å². The number of hydrogen-bond donors (Lipinski definition) is 0. The minimum absolute atomic E-state index is 0.411. The molecule has 0 bridgehead atoms. The standard InChI is InChI=1S/C14H25NO/c1-5-13(3,4)12-7-9-14(11-15,10-8-12)16-6-2/h12H,5-10H2,1-4H3. The summed E-state index contributed by atoms with van der Waals surface area (Å²) in [4.78, 5) is 0. The zero-order valence-corrected chi connectivity index (χ0v) is 11.2. The maximum atomic E-state index is 9.24. The SMILES string of the molecule is CCOC1(C#N)CCC(C(C)(C)CC)CC1. The number of rotatable bonds is 4. The molecule has 0 heterocycles. The maximum Gasteiger partial charge on any atom is 0.154 e. The van der Waals surface area contributed by atoms with Crippen molar-refractivity contribution in [3.05, 3.63) is 0 Å². The van der Waals surface area contributed by atoms with Crippen LogP contribution in [-0.4, -0.2) is 12.2 Å². The zero-order chi connectivity index (χ0) is 12.2. The van der Waals surface area contributed by atoms with Crippen molar-refractivity contribution in [2.75, 3.05) is 6.61 Å². The molecule has 16 heavy (non-hydrogen) atoms. The van der Waals surface area contributed by atoms with E-state index in [-0.39, 0.29) is 0 Å². The van der Waals surface area contributed by atoms with Gasteiger partial charge in [-0.1, -0.05) is 27.2 Å². The lowest BCUT2D eigenvalue weighted by molar-refractivity contribution is -0.0435. The number of nitrogens with zero attached hydrogens (tertiary/aromatic N) is 1. The van der Waals surface area contributed by atoms with Crippen molar-refractivity contribution >= 4 is 0 Å². The van der Waals surface area contributed by atoms with Crippen LogP contribution in [0.3, 0.4) is 0 Å². The molecule has 0 aromatic heterocycles. The molecule has 0 spiro atoms. The summed E-state index contributed by atoms with van der Waals surface area (Å²) in [5.41, 5.74) is -0.0666. The van der Waals surface area contributed by atoms with Crippen LogP contribution in [0.4, 0.5) is 0 Å². The van der Waals surface area contributed by atoms with Crippen molar-refractivity contribution in [2.45, 2.75) is 65.4 Å². The Labute approximate surface area is 100.0 Å². The monoisotopic (exact) mass is 223 g/mol. The van der Waals surface area contributed by atoms with Gasteiger partial charge in [0.2, 0.25) is 0 Å². The predicted molar refractivity (Wildman–Crippen MR) is 66.0 cm³/mol. The van der Waals surface area contributed by atoms with Crippen LogP contribution in [0.1, 0.15) is 59.8 Å². The summed E-state index contributed by atoms with van der Waals surface area (Å²) in [6.45, 7) is 9.57. The summed E-state index contributed by atoms with van der Waals surface area (Å²) in [5.74, 6) is 0.749. The molecule has 0 N–H and O–H groups in total. The molecule has 0 unspecified atom stereocenters. The molecule has 0 aliphatic heterocycles. The fourth-order valence-electron chi connectivity index (χ4n) is 2.72. The van der Waals surface area contributed by atoms with Crippen molar-refractivity contribution in [3.8, 4) is 6.07 Å². The van der Waals surface area contributed by atoms with Crippen molar-refractivity contribution in [2.24, 2.45) is 11.3 Å². The highest BCUT2D eigenvalue weighted by molar-refractivity contribution is 5.05. The van der Waals surface area contributed by atoms with E-state index in [1.165, 1.54) is 6.42 Å². The molecule has 1 rings (SSSR count). The average molecular weight is 223 g/mol. The second-order valence-corrected chi connectivity index (χ2v) is 5.66. The minimum Gasteiger partial charge on any atom is -0.360 e. The Balaban J connectivity index is 2.60. The Morgan fingerprint density at radius 2 is 1.88 bits per heavy atom. The first-order valence-corrected chi connectivity index (χ1v) is 6.55. The molecule has 1 aliphatic rings. The van der Waals surface area contributed by atoms with Crippen molar-refractivity contribution in [1.29, 1.82) is 5.26 Å². The fraction of sp³-hybridized carbons (Fsp3) is 0.929. The fourth-order valence-corrected chi connectivity index (χ4v) is 2.72. The van der Waals surface area contributed by atoms with Gasteiger partial charge in [-0.3, -0.25) is 0 Å². The highest BCUT2D eigenvalue weighted by Gasteiger charge is 2.40. The normalized spacial score (nSPS) is 31.1. The molecule has 1 saturated carbocycles. The first-order chi connectivity index (χ1) is 7.49. The molecule has 2 nitrogen and oxygen atoms in total. The van der Waals surface area contributed by atoms with E-state index in [4.69, 9.17) is 4.74 Å². The molecule has 92 valence electrons. The molecule has 0 aromatic carbocycles. The predicted octanol–water partition coefficient (Wildman–Crippen LogP) is 3.91. The first-order valence-electron chi connectivity index (χ1n) is 6.55. The van der Waals surface area contributed by atoms with Gasteiger partial charge in [-0.2, -0.15) is 5.26 Å². The lowest BCUT2D eigenvalue weighted by Gasteiger charge is -2.41. The van der Waals surface area contributed by atoms with Crippen LogP contribution in [-0.2, 0) is 4.74 Å². The minimum atomic E-state index is -0.477. The van der Waals surface area contributed by atoms with Gasteiger partial charge >= 0.3 is 0 Å². The Morgan fingerprint density at radius 3 is 2.25 bits per heavy atom. The van der Waals surface area contributed by atoms with Gasteiger partial charge in [0.25, 0.3) is 0 Å². The summed E-state index contributed by atoms with van der Waals surface area (Å²) in [6.07, 6.45) is 5.30. The molecular weight excluding hydrogens is 198 g/mol. The second kappa shape index (κ2) is 5.19. The second-order valence-electron chi connectivity index (χ2n) is 5.66. The summed E-state index contributed by atoms with van der Waals surface area (Å²) >= 11 is 0. The summed E-state index contributed by atoms with van der Waals surface area (Å²) in [5, 5.41) is 9.24. The smallest absolute Gasteiger partial charge is 0.154 e. The van der Waals surface area contributed by atoms with E-state index in [9.17, 15) is 5.26 Å². The zero-order valence-electron chi connectivity index (χ0n) is 11.2. The van der Waals surface area contributed by atoms with Gasteiger partial charge in [0, 0.05) is 6.61 Å². The molecule has 0 amide bonds. The van der Waals surface area contributed by atoms with Gasteiger partial charge in [0.05, 0.1) is 6.07 Å². The molecule has 0 saturated heterocycles. The van der Waals surface area contributed by atoms with Crippen LogP contribution in [0.2, 0.25) is 0 Å². The topological polar surface area (TPSA) is 33.0 Å². The van der Waals surface area contributed by atoms with E-state index in [0.29, 0.717) is 12.0 Å². The van der Waals surface area contributed by atoms with Gasteiger partial charge < -0.3 is 4.74 Å².